The third kappa shape index (κ3) is 5.87. The summed E-state index contributed by atoms with van der Waals surface area (Å²) in [6.07, 6.45) is 0.944. The highest BCUT2D eigenvalue weighted by Crippen LogP contribution is 2.17. The van der Waals surface area contributed by atoms with Gasteiger partial charge in [-0.15, -0.1) is 0 Å². The number of hydrogen-bond acceptors (Lipinski definition) is 3. The summed E-state index contributed by atoms with van der Waals surface area (Å²) < 4.78 is 5.16. The molecule has 1 unspecified atom stereocenters. The van der Waals surface area contributed by atoms with E-state index in [0.29, 0.717) is 19.4 Å². The minimum Gasteiger partial charge on any atom is -0.497 e. The van der Waals surface area contributed by atoms with Crippen LogP contribution in [0.2, 0.25) is 0 Å². The van der Waals surface area contributed by atoms with E-state index in [1.165, 1.54) is 0 Å². The largest absolute Gasteiger partial charge is 0.497 e. The van der Waals surface area contributed by atoms with Crippen LogP contribution in [0.15, 0.2) is 24.3 Å². The molecule has 5 nitrogen and oxygen atoms in total. The van der Waals surface area contributed by atoms with Crippen molar-refractivity contribution in [3.8, 4) is 5.75 Å². The average molecular weight is 334 g/mol. The number of methoxy groups -OCH3 is 1. The van der Waals surface area contributed by atoms with E-state index in [9.17, 15) is 9.59 Å². The number of carbonyl (C=O) groups is 2. The summed E-state index contributed by atoms with van der Waals surface area (Å²) in [5.41, 5.74) is 0.644. The van der Waals surface area contributed by atoms with E-state index in [1.807, 2.05) is 58.9 Å². The lowest BCUT2D eigenvalue weighted by atomic mass is 10.1. The van der Waals surface area contributed by atoms with Crippen LogP contribution in [0.5, 0.6) is 5.75 Å². The number of carbonyl (C=O) groups excluding carboxylic acids is 2. The van der Waals surface area contributed by atoms with Gasteiger partial charge in [-0.05, 0) is 44.9 Å². The monoisotopic (exact) mass is 334 g/mol. The van der Waals surface area contributed by atoms with E-state index in [2.05, 4.69) is 5.32 Å². The molecule has 0 aliphatic heterocycles. The number of ether oxygens (including phenoxy) is 1. The van der Waals surface area contributed by atoms with E-state index in [4.69, 9.17) is 4.74 Å². The standard InChI is InChI=1S/C19H30N2O3/c1-7-16(18(23)20-19(3,4)5)21(17(22)8-2)13-14-9-11-15(24-6)12-10-14/h9-12,16H,7-8,13H2,1-6H3,(H,20,23). The quantitative estimate of drug-likeness (QED) is 0.833. The van der Waals surface area contributed by atoms with Crippen molar-refractivity contribution in [2.45, 2.75) is 65.6 Å². The summed E-state index contributed by atoms with van der Waals surface area (Å²) in [5, 5.41) is 2.98. The third-order valence-electron chi connectivity index (χ3n) is 3.70. The molecule has 24 heavy (non-hydrogen) atoms. The highest BCUT2D eigenvalue weighted by Gasteiger charge is 2.29. The first-order valence-corrected chi connectivity index (χ1v) is 8.46. The fraction of sp³-hybridized carbons (Fsp3) is 0.579. The molecule has 0 aliphatic carbocycles. The van der Waals surface area contributed by atoms with Crippen LogP contribution < -0.4 is 10.1 Å². The number of amides is 2. The zero-order valence-corrected chi connectivity index (χ0v) is 15.7. The van der Waals surface area contributed by atoms with Crippen molar-refractivity contribution in [2.24, 2.45) is 0 Å². The second kappa shape index (κ2) is 8.71. The summed E-state index contributed by atoms with van der Waals surface area (Å²) in [6.45, 7) is 9.97. The predicted octanol–water partition coefficient (Wildman–Crippen LogP) is 3.13. The summed E-state index contributed by atoms with van der Waals surface area (Å²) in [7, 11) is 1.62. The first-order chi connectivity index (χ1) is 11.2. The molecule has 0 aromatic heterocycles. The minimum atomic E-state index is -0.473. The summed E-state index contributed by atoms with van der Waals surface area (Å²) >= 11 is 0. The maximum absolute atomic E-state index is 12.6. The number of benzene rings is 1. The SMILES string of the molecule is CCC(=O)N(Cc1ccc(OC)cc1)C(CC)C(=O)NC(C)(C)C. The second-order valence-electron chi connectivity index (χ2n) is 6.89. The first-order valence-electron chi connectivity index (χ1n) is 8.46. The van der Waals surface area contributed by atoms with Crippen molar-refractivity contribution in [1.82, 2.24) is 10.2 Å². The maximum Gasteiger partial charge on any atom is 0.243 e. The van der Waals surface area contributed by atoms with Crippen molar-refractivity contribution in [2.75, 3.05) is 7.11 Å². The van der Waals surface area contributed by atoms with Crippen molar-refractivity contribution in [3.05, 3.63) is 29.8 Å². The smallest absolute Gasteiger partial charge is 0.243 e. The lowest BCUT2D eigenvalue weighted by molar-refractivity contribution is -0.141. The zero-order valence-electron chi connectivity index (χ0n) is 15.7. The van der Waals surface area contributed by atoms with Crippen LogP contribution in [0.25, 0.3) is 0 Å². The maximum atomic E-state index is 12.6. The Hall–Kier alpha value is -2.04. The van der Waals surface area contributed by atoms with Crippen LogP contribution in [-0.2, 0) is 16.1 Å². The fourth-order valence-electron chi connectivity index (χ4n) is 2.50. The molecule has 1 atom stereocenters. The number of rotatable bonds is 7. The van der Waals surface area contributed by atoms with Gasteiger partial charge in [-0.2, -0.15) is 0 Å². The molecule has 0 bridgehead atoms. The van der Waals surface area contributed by atoms with Gasteiger partial charge in [0.05, 0.1) is 7.11 Å². The molecule has 1 rings (SSSR count). The Morgan fingerprint density at radius 2 is 1.75 bits per heavy atom. The Labute approximate surface area is 145 Å². The van der Waals surface area contributed by atoms with E-state index >= 15 is 0 Å². The Morgan fingerprint density at radius 3 is 2.17 bits per heavy atom. The van der Waals surface area contributed by atoms with Crippen LogP contribution in [0.4, 0.5) is 0 Å². The molecule has 0 aliphatic rings. The molecule has 5 heteroatoms. The van der Waals surface area contributed by atoms with Crippen molar-refractivity contribution >= 4 is 11.8 Å². The van der Waals surface area contributed by atoms with Gasteiger partial charge in [0.2, 0.25) is 11.8 Å². The molecule has 0 heterocycles. The van der Waals surface area contributed by atoms with Gasteiger partial charge in [0, 0.05) is 18.5 Å². The van der Waals surface area contributed by atoms with Gasteiger partial charge >= 0.3 is 0 Å². The molecule has 134 valence electrons. The molecule has 0 radical (unpaired) electrons. The molecule has 0 fully saturated rings. The predicted molar refractivity (Wildman–Crippen MR) is 95.8 cm³/mol. The highest BCUT2D eigenvalue weighted by molar-refractivity contribution is 5.87. The molecule has 2 amide bonds. The molecule has 0 spiro atoms. The van der Waals surface area contributed by atoms with Gasteiger partial charge < -0.3 is 15.0 Å². The van der Waals surface area contributed by atoms with Crippen LogP contribution in [0.1, 0.15) is 53.0 Å². The summed E-state index contributed by atoms with van der Waals surface area (Å²) in [6, 6.07) is 7.09. The number of hydrogen-bond donors (Lipinski definition) is 1. The van der Waals surface area contributed by atoms with Gasteiger partial charge in [0.15, 0.2) is 0 Å². The lowest BCUT2D eigenvalue weighted by Gasteiger charge is -2.33. The summed E-state index contributed by atoms with van der Waals surface area (Å²) in [5.74, 6) is 0.631. The van der Waals surface area contributed by atoms with E-state index in [0.717, 1.165) is 11.3 Å². The first kappa shape index (κ1) is 20.0. The highest BCUT2D eigenvalue weighted by atomic mass is 16.5. The second-order valence-corrected chi connectivity index (χ2v) is 6.89. The van der Waals surface area contributed by atoms with Gasteiger partial charge in [0.1, 0.15) is 11.8 Å². The van der Waals surface area contributed by atoms with Gasteiger partial charge in [0.25, 0.3) is 0 Å². The van der Waals surface area contributed by atoms with E-state index in [-0.39, 0.29) is 17.4 Å². The van der Waals surface area contributed by atoms with E-state index in [1.54, 1.807) is 12.0 Å². The van der Waals surface area contributed by atoms with E-state index < -0.39 is 6.04 Å². The number of nitrogens with zero attached hydrogens (tertiary/aromatic N) is 1. The number of nitrogens with one attached hydrogen (secondary N) is 1. The molecular formula is C19H30N2O3. The van der Waals surface area contributed by atoms with Crippen molar-refractivity contribution in [1.29, 1.82) is 0 Å². The van der Waals surface area contributed by atoms with Gasteiger partial charge in [-0.25, -0.2) is 0 Å². The van der Waals surface area contributed by atoms with Crippen molar-refractivity contribution in [3.63, 3.8) is 0 Å². The fourth-order valence-corrected chi connectivity index (χ4v) is 2.50. The zero-order chi connectivity index (χ0) is 18.3. The Bertz CT molecular complexity index is 547. The molecule has 1 N–H and O–H groups in total. The van der Waals surface area contributed by atoms with Gasteiger partial charge in [-0.3, -0.25) is 9.59 Å². The van der Waals surface area contributed by atoms with Crippen LogP contribution in [0.3, 0.4) is 0 Å². The van der Waals surface area contributed by atoms with Crippen molar-refractivity contribution < 1.29 is 14.3 Å². The minimum absolute atomic E-state index is 0.0262. The Balaban J connectivity index is 3.00. The topological polar surface area (TPSA) is 58.6 Å². The molecular weight excluding hydrogens is 304 g/mol. The molecule has 0 saturated heterocycles. The lowest BCUT2D eigenvalue weighted by Crippen LogP contribution is -2.53. The Kier molecular flexibility index (Phi) is 7.26. The molecule has 0 saturated carbocycles. The Morgan fingerprint density at radius 1 is 1.17 bits per heavy atom. The van der Waals surface area contributed by atoms with Crippen LogP contribution in [-0.4, -0.2) is 35.4 Å². The molecule has 1 aromatic carbocycles. The van der Waals surface area contributed by atoms with Crippen LogP contribution >= 0.6 is 0 Å². The van der Waals surface area contributed by atoms with Gasteiger partial charge in [-0.1, -0.05) is 26.0 Å². The third-order valence-corrected chi connectivity index (χ3v) is 3.70. The molecule has 1 aromatic rings. The average Bonchev–Trinajstić information content (AvgIpc) is 2.52. The normalized spacial score (nSPS) is 12.4. The van der Waals surface area contributed by atoms with Crippen LogP contribution in [0, 0.1) is 0 Å². The summed E-state index contributed by atoms with van der Waals surface area (Å²) in [4.78, 5) is 26.7.